The standard InChI is InChI=1S/C59H61NO10/c1-10-51(61)68-28-27-60-55(62)69-30-29-67-40-21-17-38(18-22-40)59(37-15-19-39(63-6)20-16-37)26-25-44-53-52(43-13-11-12-14-48(43)58(53)35-56(2,3)34-57(4,5)36-58)46-33-50(66-9)45(32-47(46)54(44)70-59)42-24-23-41(64-7)31-49(42)65-8/h10-26,31-33H,1,27-30,34-36H2,2-9H3,(H,60,62). The monoisotopic (exact) mass is 943 g/mol. The third-order valence-corrected chi connectivity index (χ3v) is 13.9. The Labute approximate surface area is 410 Å². The summed E-state index contributed by atoms with van der Waals surface area (Å²) in [5.41, 5.74) is 8.32. The molecular weight excluding hydrogens is 883 g/mol. The predicted molar refractivity (Wildman–Crippen MR) is 273 cm³/mol. The summed E-state index contributed by atoms with van der Waals surface area (Å²) < 4.78 is 47.7. The predicted octanol–water partition coefficient (Wildman–Crippen LogP) is 12.2. The Kier molecular flexibility index (Phi) is 12.8. The Morgan fingerprint density at radius 2 is 1.30 bits per heavy atom. The van der Waals surface area contributed by atoms with Crippen LogP contribution >= 0.6 is 0 Å². The largest absolute Gasteiger partial charge is 0.497 e. The van der Waals surface area contributed by atoms with Crippen molar-refractivity contribution in [1.82, 2.24) is 5.32 Å². The van der Waals surface area contributed by atoms with E-state index in [4.69, 9.17) is 37.9 Å². The van der Waals surface area contributed by atoms with Crippen LogP contribution in [0.2, 0.25) is 0 Å². The van der Waals surface area contributed by atoms with E-state index in [-0.39, 0.29) is 42.6 Å². The highest BCUT2D eigenvalue weighted by molar-refractivity contribution is 6.11. The van der Waals surface area contributed by atoms with Crippen molar-refractivity contribution in [2.24, 2.45) is 10.8 Å². The fourth-order valence-corrected chi connectivity index (χ4v) is 11.9. The van der Waals surface area contributed by atoms with Crippen molar-refractivity contribution in [3.8, 4) is 56.8 Å². The van der Waals surface area contributed by atoms with Gasteiger partial charge in [0.05, 0.1) is 35.0 Å². The van der Waals surface area contributed by atoms with Gasteiger partial charge in [0.25, 0.3) is 0 Å². The van der Waals surface area contributed by atoms with Gasteiger partial charge in [0.1, 0.15) is 54.3 Å². The van der Waals surface area contributed by atoms with E-state index in [2.05, 4.69) is 100 Å². The second-order valence-corrected chi connectivity index (χ2v) is 19.9. The number of nitrogens with one attached hydrogen (secondary N) is 1. The molecule has 6 aromatic rings. The van der Waals surface area contributed by atoms with Crippen molar-refractivity contribution >= 4 is 28.9 Å². The number of fused-ring (bicyclic) bond motifs is 10. The third kappa shape index (κ3) is 8.67. The minimum Gasteiger partial charge on any atom is -0.497 e. The smallest absolute Gasteiger partial charge is 0.407 e. The summed E-state index contributed by atoms with van der Waals surface area (Å²) in [5.74, 6) is 3.56. The van der Waals surface area contributed by atoms with Crippen LogP contribution in [0, 0.1) is 10.8 Å². The maximum atomic E-state index is 12.2. The highest BCUT2D eigenvalue weighted by Gasteiger charge is 2.55. The molecule has 11 nitrogen and oxygen atoms in total. The Balaban J connectivity index is 1.19. The highest BCUT2D eigenvalue weighted by Crippen LogP contribution is 2.67. The van der Waals surface area contributed by atoms with Crippen LogP contribution < -0.4 is 33.7 Å². The molecule has 0 aromatic heterocycles. The summed E-state index contributed by atoms with van der Waals surface area (Å²) in [6.07, 6.45) is 7.99. The number of carbonyl (C=O) groups is 2. The van der Waals surface area contributed by atoms with Gasteiger partial charge in [0.2, 0.25) is 0 Å². The van der Waals surface area contributed by atoms with Gasteiger partial charge in [0.15, 0.2) is 5.60 Å². The molecule has 0 bridgehead atoms. The zero-order valence-corrected chi connectivity index (χ0v) is 41.3. The molecule has 3 aliphatic rings. The molecule has 0 radical (unpaired) electrons. The SMILES string of the molecule is C=CC(=O)OCCNC(=O)OCCOc1ccc(C2(c3ccc(OC)cc3)C=Cc3c4c(c5cc(OC)c(-c6ccc(OC)cc6OC)cc5c3O2)-c2ccccc2C42CC(C)(C)CC(C)(C)C2)cc1. The Morgan fingerprint density at radius 1 is 0.657 bits per heavy atom. The van der Waals surface area contributed by atoms with Gasteiger partial charge < -0.3 is 43.2 Å². The fourth-order valence-electron chi connectivity index (χ4n) is 11.9. The van der Waals surface area contributed by atoms with Crippen LogP contribution in [0.1, 0.15) is 74.8 Å². The zero-order valence-electron chi connectivity index (χ0n) is 41.3. The van der Waals surface area contributed by atoms with Gasteiger partial charge >= 0.3 is 12.1 Å². The summed E-state index contributed by atoms with van der Waals surface area (Å²) in [6, 6.07) is 35.1. The molecule has 1 saturated carbocycles. The maximum Gasteiger partial charge on any atom is 0.407 e. The van der Waals surface area contributed by atoms with Gasteiger partial charge in [-0.15, -0.1) is 0 Å². The lowest BCUT2D eigenvalue weighted by Gasteiger charge is -2.52. The minimum atomic E-state index is -1.11. The zero-order chi connectivity index (χ0) is 49.4. The molecule has 70 heavy (non-hydrogen) atoms. The summed E-state index contributed by atoms with van der Waals surface area (Å²) in [4.78, 5) is 23.5. The van der Waals surface area contributed by atoms with Crippen molar-refractivity contribution in [1.29, 1.82) is 0 Å². The molecule has 1 amide bonds. The van der Waals surface area contributed by atoms with E-state index in [0.717, 1.165) is 75.4 Å². The van der Waals surface area contributed by atoms with Gasteiger partial charge in [-0.05, 0) is 112 Å². The number of hydrogen-bond acceptors (Lipinski definition) is 10. The number of rotatable bonds is 15. The lowest BCUT2D eigenvalue weighted by molar-refractivity contribution is -0.137. The van der Waals surface area contributed by atoms with E-state index < -0.39 is 17.7 Å². The summed E-state index contributed by atoms with van der Waals surface area (Å²) >= 11 is 0. The lowest BCUT2D eigenvalue weighted by atomic mass is 9.52. The number of hydrogen-bond donors (Lipinski definition) is 1. The molecule has 1 unspecified atom stereocenters. The van der Waals surface area contributed by atoms with Gasteiger partial charge in [0, 0.05) is 50.8 Å². The van der Waals surface area contributed by atoms with Gasteiger partial charge in [-0.25, -0.2) is 9.59 Å². The summed E-state index contributed by atoms with van der Waals surface area (Å²) in [7, 11) is 6.70. The van der Waals surface area contributed by atoms with Crippen LogP contribution in [-0.4, -0.2) is 66.9 Å². The normalized spacial score (nSPS) is 17.5. The number of benzene rings is 6. The molecule has 11 heteroatoms. The Morgan fingerprint density at radius 3 is 1.96 bits per heavy atom. The number of methoxy groups -OCH3 is 4. The van der Waals surface area contributed by atoms with E-state index in [9.17, 15) is 9.59 Å². The van der Waals surface area contributed by atoms with Crippen LogP contribution in [0.25, 0.3) is 39.1 Å². The number of esters is 1. The average Bonchev–Trinajstić information content (AvgIpc) is 3.62. The van der Waals surface area contributed by atoms with E-state index in [1.54, 1.807) is 28.4 Å². The first kappa shape index (κ1) is 47.7. The molecule has 1 atom stereocenters. The van der Waals surface area contributed by atoms with Crippen LogP contribution in [0.4, 0.5) is 4.79 Å². The molecule has 9 rings (SSSR count). The van der Waals surface area contributed by atoms with Gasteiger partial charge in [-0.3, -0.25) is 0 Å². The van der Waals surface area contributed by atoms with Gasteiger partial charge in [-0.1, -0.05) is 88.9 Å². The molecule has 0 saturated heterocycles. The van der Waals surface area contributed by atoms with Crippen LogP contribution in [-0.2, 0) is 25.3 Å². The Bertz CT molecular complexity index is 2990. The molecule has 1 N–H and O–H groups in total. The number of alkyl carbamates (subject to hydrolysis) is 1. The molecule has 1 heterocycles. The summed E-state index contributed by atoms with van der Waals surface area (Å²) in [6.45, 7) is 13.3. The van der Waals surface area contributed by atoms with Crippen molar-refractivity contribution < 1.29 is 47.5 Å². The molecular formula is C59H61NO10. The maximum absolute atomic E-state index is 12.2. The first-order valence-corrected chi connectivity index (χ1v) is 23.7. The third-order valence-electron chi connectivity index (χ3n) is 13.9. The first-order valence-electron chi connectivity index (χ1n) is 23.7. The average molecular weight is 944 g/mol. The first-order chi connectivity index (χ1) is 33.7. The Hall–Kier alpha value is -7.40. The van der Waals surface area contributed by atoms with Crippen molar-refractivity contribution in [3.63, 3.8) is 0 Å². The topological polar surface area (TPSA) is 120 Å². The minimum absolute atomic E-state index is 0.00414. The van der Waals surface area contributed by atoms with Crippen LogP contribution in [0.5, 0.6) is 34.5 Å². The molecule has 1 spiro atoms. The fraction of sp³-hybridized carbons (Fsp3) is 0.322. The lowest BCUT2D eigenvalue weighted by Crippen LogP contribution is -2.44. The van der Waals surface area contributed by atoms with Crippen molar-refractivity contribution in [2.75, 3.05) is 54.8 Å². The molecule has 6 aromatic carbocycles. The van der Waals surface area contributed by atoms with Crippen LogP contribution in [0.3, 0.4) is 0 Å². The van der Waals surface area contributed by atoms with Crippen molar-refractivity contribution in [3.05, 3.63) is 150 Å². The van der Waals surface area contributed by atoms with E-state index in [1.165, 1.54) is 22.3 Å². The number of ether oxygens (including phenoxy) is 8. The molecule has 2 aliphatic carbocycles. The second-order valence-electron chi connectivity index (χ2n) is 19.9. The molecule has 362 valence electrons. The van der Waals surface area contributed by atoms with Gasteiger partial charge in [-0.2, -0.15) is 0 Å². The summed E-state index contributed by atoms with van der Waals surface area (Å²) in [5, 5.41) is 4.53. The van der Waals surface area contributed by atoms with Crippen molar-refractivity contribution in [2.45, 2.75) is 58.0 Å². The number of carbonyl (C=O) groups excluding carboxylic acids is 2. The number of amides is 1. The highest BCUT2D eigenvalue weighted by atomic mass is 16.6. The van der Waals surface area contributed by atoms with Crippen LogP contribution in [0.15, 0.2) is 122 Å². The van der Waals surface area contributed by atoms with E-state index in [0.29, 0.717) is 23.0 Å². The van der Waals surface area contributed by atoms with E-state index >= 15 is 0 Å². The molecule has 1 fully saturated rings. The molecule has 1 aliphatic heterocycles. The van der Waals surface area contributed by atoms with E-state index in [1.807, 2.05) is 54.6 Å². The second kappa shape index (κ2) is 18.8. The quantitative estimate of drug-likeness (QED) is 0.0605.